The molecule has 0 spiro atoms. The van der Waals surface area contributed by atoms with Crippen molar-refractivity contribution in [3.63, 3.8) is 0 Å². The van der Waals surface area contributed by atoms with Gasteiger partial charge in [-0.25, -0.2) is 0 Å². The number of aryl methyl sites for hydroxylation is 1. The maximum Gasteiger partial charge on any atom is 0.0897 e. The van der Waals surface area contributed by atoms with Gasteiger partial charge in [0.2, 0.25) is 0 Å². The normalized spacial score (nSPS) is 19.3. The highest BCUT2D eigenvalue weighted by atomic mass is 15.3. The molecule has 1 aliphatic rings. The van der Waals surface area contributed by atoms with Crippen LogP contribution in [0.15, 0.2) is 61.2 Å². The molecule has 0 saturated heterocycles. The van der Waals surface area contributed by atoms with Crippen LogP contribution in [0.2, 0.25) is 0 Å². The molecule has 0 aromatic carbocycles. The Bertz CT molecular complexity index is 627. The van der Waals surface area contributed by atoms with Crippen molar-refractivity contribution in [2.75, 3.05) is 0 Å². The predicted molar refractivity (Wildman–Crippen MR) is 78.7 cm³/mol. The Hall–Kier alpha value is -2.36. The molecule has 0 fully saturated rings. The van der Waals surface area contributed by atoms with Gasteiger partial charge in [0.25, 0.3) is 0 Å². The van der Waals surface area contributed by atoms with E-state index >= 15 is 0 Å². The largest absolute Gasteiger partial charge is 0.359 e. The molecule has 2 aromatic rings. The number of rotatable bonds is 3. The fourth-order valence-electron chi connectivity index (χ4n) is 2.62. The Morgan fingerprint density at radius 2 is 1.90 bits per heavy atom. The summed E-state index contributed by atoms with van der Waals surface area (Å²) >= 11 is 0. The van der Waals surface area contributed by atoms with Gasteiger partial charge in [0, 0.05) is 31.8 Å². The van der Waals surface area contributed by atoms with Crippen LogP contribution in [-0.4, -0.2) is 19.7 Å². The van der Waals surface area contributed by atoms with Gasteiger partial charge in [0.05, 0.1) is 17.8 Å². The minimum Gasteiger partial charge on any atom is -0.359 e. The number of hydrogen-bond donors (Lipinski definition) is 0. The summed E-state index contributed by atoms with van der Waals surface area (Å²) in [6.45, 7) is 2.21. The Morgan fingerprint density at radius 3 is 2.60 bits per heavy atom. The first-order valence-electron chi connectivity index (χ1n) is 6.77. The minimum atomic E-state index is 0.204. The van der Waals surface area contributed by atoms with Crippen LogP contribution in [0.25, 0.3) is 0 Å². The zero-order chi connectivity index (χ0) is 13.9. The van der Waals surface area contributed by atoms with Crippen molar-refractivity contribution >= 4 is 0 Å². The SMILES string of the molecule is CC(c1ccncc1)N1C=CC=CC1c1ccnn1C. The van der Waals surface area contributed by atoms with E-state index in [4.69, 9.17) is 0 Å². The maximum absolute atomic E-state index is 4.28. The summed E-state index contributed by atoms with van der Waals surface area (Å²) in [7, 11) is 1.98. The van der Waals surface area contributed by atoms with Gasteiger partial charge >= 0.3 is 0 Å². The van der Waals surface area contributed by atoms with Crippen LogP contribution in [0.3, 0.4) is 0 Å². The van der Waals surface area contributed by atoms with Gasteiger partial charge in [-0.3, -0.25) is 9.67 Å². The van der Waals surface area contributed by atoms with E-state index in [1.54, 1.807) is 0 Å². The van der Waals surface area contributed by atoms with Crippen LogP contribution in [0.5, 0.6) is 0 Å². The van der Waals surface area contributed by atoms with Crippen molar-refractivity contribution in [1.29, 1.82) is 0 Å². The standard InChI is InChI=1S/C16H18N4/c1-13(14-6-9-17-10-7-14)20-12-4-3-5-16(20)15-8-11-18-19(15)2/h3-13,16H,1-2H3. The molecule has 4 heteroatoms. The average molecular weight is 266 g/mol. The molecular weight excluding hydrogens is 248 g/mol. The van der Waals surface area contributed by atoms with Crippen molar-refractivity contribution in [2.45, 2.75) is 19.0 Å². The maximum atomic E-state index is 4.28. The number of pyridine rings is 1. The Labute approximate surface area is 119 Å². The highest BCUT2D eigenvalue weighted by Gasteiger charge is 2.24. The summed E-state index contributed by atoms with van der Waals surface area (Å²) in [4.78, 5) is 6.43. The lowest BCUT2D eigenvalue weighted by molar-refractivity contribution is 0.243. The van der Waals surface area contributed by atoms with Crippen molar-refractivity contribution in [3.05, 3.63) is 72.5 Å². The molecule has 3 heterocycles. The summed E-state index contributed by atoms with van der Waals surface area (Å²) in [5.74, 6) is 0. The number of nitrogens with zero attached hydrogens (tertiary/aromatic N) is 4. The highest BCUT2D eigenvalue weighted by Crippen LogP contribution is 2.33. The fourth-order valence-corrected chi connectivity index (χ4v) is 2.62. The van der Waals surface area contributed by atoms with Gasteiger partial charge in [0.1, 0.15) is 0 Å². The van der Waals surface area contributed by atoms with Gasteiger partial charge < -0.3 is 4.90 Å². The van der Waals surface area contributed by atoms with Crippen molar-refractivity contribution in [3.8, 4) is 0 Å². The van der Waals surface area contributed by atoms with E-state index in [1.807, 2.05) is 30.3 Å². The molecule has 2 aromatic heterocycles. The fraction of sp³-hybridized carbons (Fsp3) is 0.250. The predicted octanol–water partition coefficient (Wildman–Crippen LogP) is 3.00. The lowest BCUT2D eigenvalue weighted by Gasteiger charge is -2.35. The molecule has 2 unspecified atom stereocenters. The van der Waals surface area contributed by atoms with Gasteiger partial charge in [-0.05, 0) is 36.8 Å². The molecule has 0 bridgehead atoms. The smallest absolute Gasteiger partial charge is 0.0897 e. The molecule has 20 heavy (non-hydrogen) atoms. The molecule has 0 aliphatic carbocycles. The first-order valence-corrected chi connectivity index (χ1v) is 6.77. The molecule has 0 saturated carbocycles. The molecular formula is C16H18N4. The van der Waals surface area contributed by atoms with Crippen LogP contribution in [0.1, 0.15) is 30.3 Å². The zero-order valence-electron chi connectivity index (χ0n) is 11.7. The highest BCUT2D eigenvalue weighted by molar-refractivity contribution is 5.25. The third kappa shape index (κ3) is 2.25. The Morgan fingerprint density at radius 1 is 1.10 bits per heavy atom. The van der Waals surface area contributed by atoms with Crippen LogP contribution in [0, 0.1) is 0 Å². The lowest BCUT2D eigenvalue weighted by atomic mass is 10.0. The summed E-state index contributed by atoms with van der Waals surface area (Å²) < 4.78 is 1.93. The minimum absolute atomic E-state index is 0.204. The molecule has 0 N–H and O–H groups in total. The second kappa shape index (κ2) is 5.33. The quantitative estimate of drug-likeness (QED) is 0.856. The average Bonchev–Trinajstić information content (AvgIpc) is 2.93. The third-order valence-electron chi connectivity index (χ3n) is 3.78. The Kier molecular flexibility index (Phi) is 3.37. The second-order valence-electron chi connectivity index (χ2n) is 4.95. The first kappa shape index (κ1) is 12.7. The summed E-state index contributed by atoms with van der Waals surface area (Å²) in [5.41, 5.74) is 2.44. The van der Waals surface area contributed by atoms with Gasteiger partial charge in [-0.1, -0.05) is 12.2 Å². The zero-order valence-corrected chi connectivity index (χ0v) is 11.7. The molecule has 3 rings (SSSR count). The molecule has 0 amide bonds. The van der Waals surface area contributed by atoms with Gasteiger partial charge in [-0.15, -0.1) is 0 Å². The van der Waals surface area contributed by atoms with Crippen LogP contribution in [-0.2, 0) is 7.05 Å². The lowest BCUT2D eigenvalue weighted by Crippen LogP contribution is -2.28. The molecule has 4 nitrogen and oxygen atoms in total. The summed E-state index contributed by atoms with van der Waals surface area (Å²) in [6.07, 6.45) is 14.0. The van der Waals surface area contributed by atoms with E-state index < -0.39 is 0 Å². The van der Waals surface area contributed by atoms with Crippen molar-refractivity contribution in [2.24, 2.45) is 7.05 Å². The number of aromatic nitrogens is 3. The summed E-state index contributed by atoms with van der Waals surface area (Å²) in [6, 6.07) is 6.68. The van der Waals surface area contributed by atoms with Crippen molar-refractivity contribution < 1.29 is 0 Å². The van der Waals surface area contributed by atoms with E-state index in [-0.39, 0.29) is 12.1 Å². The molecule has 102 valence electrons. The van der Waals surface area contributed by atoms with E-state index in [9.17, 15) is 0 Å². The van der Waals surface area contributed by atoms with Gasteiger partial charge in [0.15, 0.2) is 0 Å². The molecule has 1 aliphatic heterocycles. The van der Waals surface area contributed by atoms with Crippen molar-refractivity contribution in [1.82, 2.24) is 19.7 Å². The topological polar surface area (TPSA) is 34.0 Å². The van der Waals surface area contributed by atoms with E-state index in [1.165, 1.54) is 11.3 Å². The third-order valence-corrected chi connectivity index (χ3v) is 3.78. The second-order valence-corrected chi connectivity index (χ2v) is 4.95. The monoisotopic (exact) mass is 266 g/mol. The number of hydrogen-bond acceptors (Lipinski definition) is 3. The summed E-state index contributed by atoms with van der Waals surface area (Å²) in [5, 5.41) is 4.28. The molecule has 0 radical (unpaired) electrons. The van der Waals surface area contributed by atoms with E-state index in [0.717, 1.165) is 0 Å². The molecule has 2 atom stereocenters. The van der Waals surface area contributed by atoms with Crippen LogP contribution < -0.4 is 0 Å². The van der Waals surface area contributed by atoms with Crippen LogP contribution >= 0.6 is 0 Å². The Balaban J connectivity index is 1.93. The van der Waals surface area contributed by atoms with Gasteiger partial charge in [-0.2, -0.15) is 5.10 Å². The van der Waals surface area contributed by atoms with Crippen LogP contribution in [0.4, 0.5) is 0 Å². The van der Waals surface area contributed by atoms with E-state index in [2.05, 4.69) is 64.5 Å². The number of allylic oxidation sites excluding steroid dienone is 2. The first-order chi connectivity index (χ1) is 9.77. The van der Waals surface area contributed by atoms with E-state index in [0.29, 0.717) is 0 Å².